The second-order valence-corrected chi connectivity index (χ2v) is 5.15. The van der Waals surface area contributed by atoms with Crippen LogP contribution in [0.3, 0.4) is 0 Å². The van der Waals surface area contributed by atoms with Gasteiger partial charge < -0.3 is 0 Å². The van der Waals surface area contributed by atoms with E-state index >= 15 is 0 Å². The summed E-state index contributed by atoms with van der Waals surface area (Å²) in [6.45, 7) is 0. The molecule has 0 radical (unpaired) electrons. The monoisotopic (exact) mass is 299 g/mol. The fourth-order valence-corrected chi connectivity index (χ4v) is 2.48. The van der Waals surface area contributed by atoms with E-state index in [0.29, 0.717) is 16.1 Å². The van der Waals surface area contributed by atoms with E-state index in [1.54, 1.807) is 12.3 Å². The van der Waals surface area contributed by atoms with Crippen molar-refractivity contribution < 1.29 is 9.18 Å². The molecule has 21 heavy (non-hydrogen) atoms. The Morgan fingerprint density at radius 1 is 1.14 bits per heavy atom. The molecular formula is C17H11ClFNO. The van der Waals surface area contributed by atoms with E-state index in [1.165, 1.54) is 18.2 Å². The minimum absolute atomic E-state index is 0.0274. The Morgan fingerprint density at radius 3 is 2.81 bits per heavy atom. The molecule has 0 fully saturated rings. The van der Waals surface area contributed by atoms with E-state index in [4.69, 9.17) is 11.6 Å². The molecule has 0 bridgehead atoms. The lowest BCUT2D eigenvalue weighted by Gasteiger charge is -2.06. The molecule has 0 spiro atoms. The first kappa shape index (κ1) is 13.7. The van der Waals surface area contributed by atoms with Crippen LogP contribution in [0.4, 0.5) is 4.39 Å². The molecule has 0 aliphatic carbocycles. The van der Waals surface area contributed by atoms with Crippen LogP contribution in [0.5, 0.6) is 0 Å². The highest BCUT2D eigenvalue weighted by molar-refractivity contribution is 6.30. The highest BCUT2D eigenvalue weighted by atomic mass is 35.5. The Kier molecular flexibility index (Phi) is 3.67. The van der Waals surface area contributed by atoms with E-state index in [0.717, 1.165) is 10.9 Å². The Morgan fingerprint density at radius 2 is 1.95 bits per heavy atom. The van der Waals surface area contributed by atoms with Gasteiger partial charge in [0, 0.05) is 28.6 Å². The summed E-state index contributed by atoms with van der Waals surface area (Å²) in [5.41, 5.74) is 1.59. The molecule has 104 valence electrons. The van der Waals surface area contributed by atoms with E-state index in [-0.39, 0.29) is 12.2 Å². The van der Waals surface area contributed by atoms with Crippen molar-refractivity contribution in [2.75, 3.05) is 0 Å². The van der Waals surface area contributed by atoms with Crippen LogP contribution in [0.15, 0.2) is 54.7 Å². The third-order valence-electron chi connectivity index (χ3n) is 3.31. The Labute approximate surface area is 126 Å². The maximum absolute atomic E-state index is 13.7. The Balaban J connectivity index is 1.99. The number of hydrogen-bond acceptors (Lipinski definition) is 2. The molecule has 0 saturated carbocycles. The first-order valence-corrected chi connectivity index (χ1v) is 6.84. The predicted octanol–water partition coefficient (Wildman–Crippen LogP) is 4.45. The minimum atomic E-state index is -0.425. The van der Waals surface area contributed by atoms with Crippen molar-refractivity contribution >= 4 is 28.3 Å². The second-order valence-electron chi connectivity index (χ2n) is 4.71. The van der Waals surface area contributed by atoms with Gasteiger partial charge in [-0.15, -0.1) is 0 Å². The van der Waals surface area contributed by atoms with Crippen LogP contribution in [0.2, 0.25) is 5.02 Å². The van der Waals surface area contributed by atoms with Crippen molar-refractivity contribution in [2.24, 2.45) is 0 Å². The van der Waals surface area contributed by atoms with Gasteiger partial charge in [0.2, 0.25) is 0 Å². The molecule has 3 aromatic rings. The molecule has 0 saturated heterocycles. The lowest BCUT2D eigenvalue weighted by molar-refractivity contribution is 0.0993. The fraction of sp³-hybridized carbons (Fsp3) is 0.0588. The zero-order chi connectivity index (χ0) is 14.8. The molecule has 0 amide bonds. The number of ketones is 1. The normalized spacial score (nSPS) is 10.8. The molecule has 2 nitrogen and oxygen atoms in total. The van der Waals surface area contributed by atoms with Crippen molar-refractivity contribution in [3.05, 3.63) is 76.7 Å². The van der Waals surface area contributed by atoms with Crippen molar-refractivity contribution in [2.45, 2.75) is 6.42 Å². The SMILES string of the molecule is O=C(Cc1cc(Cl)ccc1F)c1ccnc2ccccc12. The first-order chi connectivity index (χ1) is 10.1. The van der Waals surface area contributed by atoms with Gasteiger partial charge in [-0.3, -0.25) is 9.78 Å². The first-order valence-electron chi connectivity index (χ1n) is 6.46. The Bertz CT molecular complexity index is 827. The number of Topliss-reactive ketones (excluding diaryl/α,β-unsaturated/α-hetero) is 1. The molecule has 0 aliphatic rings. The molecule has 1 aromatic heterocycles. The number of para-hydroxylation sites is 1. The van der Waals surface area contributed by atoms with Crippen molar-refractivity contribution in [3.63, 3.8) is 0 Å². The van der Waals surface area contributed by atoms with Gasteiger partial charge in [0.05, 0.1) is 5.52 Å². The number of rotatable bonds is 3. The van der Waals surface area contributed by atoms with Crippen LogP contribution in [-0.2, 0) is 6.42 Å². The molecular weight excluding hydrogens is 289 g/mol. The molecule has 2 aromatic carbocycles. The van der Waals surface area contributed by atoms with Crippen molar-refractivity contribution in [3.8, 4) is 0 Å². The number of aromatic nitrogens is 1. The van der Waals surface area contributed by atoms with Crippen LogP contribution in [0.1, 0.15) is 15.9 Å². The van der Waals surface area contributed by atoms with Crippen LogP contribution < -0.4 is 0 Å². The summed E-state index contributed by atoms with van der Waals surface area (Å²) in [5, 5.41) is 1.19. The Hall–Kier alpha value is -2.26. The number of carbonyl (C=O) groups excluding carboxylic acids is 1. The topological polar surface area (TPSA) is 30.0 Å². The van der Waals surface area contributed by atoms with Gasteiger partial charge in [-0.2, -0.15) is 0 Å². The minimum Gasteiger partial charge on any atom is -0.294 e. The van der Waals surface area contributed by atoms with Crippen LogP contribution in [-0.4, -0.2) is 10.8 Å². The van der Waals surface area contributed by atoms with Gasteiger partial charge in [-0.1, -0.05) is 29.8 Å². The molecule has 4 heteroatoms. The average molecular weight is 300 g/mol. The molecule has 0 aliphatic heterocycles. The summed E-state index contributed by atoms with van der Waals surface area (Å²) in [6.07, 6.45) is 1.56. The van der Waals surface area contributed by atoms with Crippen molar-refractivity contribution in [1.29, 1.82) is 0 Å². The number of nitrogens with zero attached hydrogens (tertiary/aromatic N) is 1. The van der Waals surface area contributed by atoms with Crippen LogP contribution >= 0.6 is 11.6 Å². The van der Waals surface area contributed by atoms with Gasteiger partial charge in [0.15, 0.2) is 5.78 Å². The standard InChI is InChI=1S/C17H11ClFNO/c18-12-5-6-15(19)11(9-12)10-17(21)14-7-8-20-16-4-2-1-3-13(14)16/h1-9H,10H2. The van der Waals surface area contributed by atoms with Gasteiger partial charge in [0.25, 0.3) is 0 Å². The maximum Gasteiger partial charge on any atom is 0.168 e. The van der Waals surface area contributed by atoms with Gasteiger partial charge in [-0.05, 0) is 35.9 Å². The molecule has 0 unspecified atom stereocenters. The molecule has 1 heterocycles. The number of fused-ring (bicyclic) bond motifs is 1. The zero-order valence-corrected chi connectivity index (χ0v) is 11.8. The van der Waals surface area contributed by atoms with Crippen LogP contribution in [0.25, 0.3) is 10.9 Å². The van der Waals surface area contributed by atoms with E-state index in [9.17, 15) is 9.18 Å². The summed E-state index contributed by atoms with van der Waals surface area (Å²) in [4.78, 5) is 16.7. The van der Waals surface area contributed by atoms with E-state index in [1.807, 2.05) is 24.3 Å². The highest BCUT2D eigenvalue weighted by Crippen LogP contribution is 2.21. The summed E-state index contributed by atoms with van der Waals surface area (Å²) < 4.78 is 13.7. The summed E-state index contributed by atoms with van der Waals surface area (Å²) in [6, 6.07) is 13.3. The summed E-state index contributed by atoms with van der Waals surface area (Å²) in [7, 11) is 0. The maximum atomic E-state index is 13.7. The summed E-state index contributed by atoms with van der Waals surface area (Å²) >= 11 is 5.85. The summed E-state index contributed by atoms with van der Waals surface area (Å²) in [5.74, 6) is -0.583. The number of benzene rings is 2. The third kappa shape index (κ3) is 2.78. The number of hydrogen-bond donors (Lipinski definition) is 0. The average Bonchev–Trinajstić information content (AvgIpc) is 2.50. The van der Waals surface area contributed by atoms with Gasteiger partial charge >= 0.3 is 0 Å². The predicted molar refractivity (Wildman–Crippen MR) is 81.2 cm³/mol. The van der Waals surface area contributed by atoms with Crippen molar-refractivity contribution in [1.82, 2.24) is 4.98 Å². The van der Waals surface area contributed by atoms with Gasteiger partial charge in [0.1, 0.15) is 5.82 Å². The third-order valence-corrected chi connectivity index (χ3v) is 3.54. The molecule has 0 N–H and O–H groups in total. The smallest absolute Gasteiger partial charge is 0.168 e. The lowest BCUT2D eigenvalue weighted by Crippen LogP contribution is -2.06. The highest BCUT2D eigenvalue weighted by Gasteiger charge is 2.13. The number of pyridine rings is 1. The molecule has 0 atom stereocenters. The van der Waals surface area contributed by atoms with Gasteiger partial charge in [-0.25, -0.2) is 4.39 Å². The quantitative estimate of drug-likeness (QED) is 0.669. The fourth-order valence-electron chi connectivity index (χ4n) is 2.29. The largest absolute Gasteiger partial charge is 0.294 e. The zero-order valence-electron chi connectivity index (χ0n) is 11.0. The van der Waals surface area contributed by atoms with E-state index in [2.05, 4.69) is 4.98 Å². The number of halogens is 2. The van der Waals surface area contributed by atoms with E-state index < -0.39 is 5.82 Å². The number of carbonyl (C=O) groups is 1. The molecule has 3 rings (SSSR count). The van der Waals surface area contributed by atoms with Crippen LogP contribution in [0, 0.1) is 5.82 Å². The second kappa shape index (κ2) is 5.62. The lowest BCUT2D eigenvalue weighted by atomic mass is 9.99.